The molecule has 0 aliphatic carbocycles. The Bertz CT molecular complexity index is 1100. The van der Waals surface area contributed by atoms with E-state index in [0.717, 1.165) is 26.9 Å². The number of hydrogen-bond acceptors (Lipinski definition) is 3. The third kappa shape index (κ3) is 4.62. The van der Waals surface area contributed by atoms with Crippen molar-refractivity contribution in [2.24, 2.45) is 4.99 Å². The van der Waals surface area contributed by atoms with E-state index in [1.807, 2.05) is 30.3 Å². The highest BCUT2D eigenvalue weighted by Crippen LogP contribution is 2.37. The van der Waals surface area contributed by atoms with Gasteiger partial charge >= 0.3 is 0 Å². The van der Waals surface area contributed by atoms with Crippen molar-refractivity contribution >= 4 is 56.4 Å². The lowest BCUT2D eigenvalue weighted by atomic mass is 9.93. The summed E-state index contributed by atoms with van der Waals surface area (Å²) in [5.41, 5.74) is 3.44. The van der Waals surface area contributed by atoms with Crippen molar-refractivity contribution in [3.8, 4) is 5.75 Å². The number of nitrogens with zero attached hydrogens (tertiary/aromatic N) is 1. The van der Waals surface area contributed by atoms with Gasteiger partial charge in [-0.05, 0) is 48.0 Å². The molecule has 0 saturated heterocycles. The molecule has 0 fully saturated rings. The van der Waals surface area contributed by atoms with Gasteiger partial charge in [0.1, 0.15) is 11.9 Å². The van der Waals surface area contributed by atoms with Gasteiger partial charge in [-0.3, -0.25) is 10.3 Å². The van der Waals surface area contributed by atoms with E-state index in [1.54, 1.807) is 30.3 Å². The van der Waals surface area contributed by atoms with Gasteiger partial charge in [-0.15, -0.1) is 0 Å². The van der Waals surface area contributed by atoms with Crippen LogP contribution in [0, 0.1) is 0 Å². The average molecular weight is 511 g/mol. The second-order valence-corrected chi connectivity index (χ2v) is 8.98. The Morgan fingerprint density at radius 2 is 1.69 bits per heavy atom. The first-order valence-electron chi connectivity index (χ1n) is 8.93. The largest absolute Gasteiger partial charge is 0.508 e. The van der Waals surface area contributed by atoms with Gasteiger partial charge < -0.3 is 5.11 Å². The number of rotatable bonds is 3. The zero-order valence-corrected chi connectivity index (χ0v) is 18.9. The summed E-state index contributed by atoms with van der Waals surface area (Å²) in [5.74, 6) is 0.184. The summed E-state index contributed by atoms with van der Waals surface area (Å²) in [5, 5.41) is 15.6. The molecule has 0 radical (unpaired) electrons. The summed E-state index contributed by atoms with van der Waals surface area (Å²) in [7, 11) is 0. The number of phenols is 1. The zero-order valence-electron chi connectivity index (χ0n) is 15.0. The number of aromatic hydroxyl groups is 1. The first-order chi connectivity index (χ1) is 13.9. The normalized spacial score (nSPS) is 19.1. The minimum atomic E-state index is -0.397. The van der Waals surface area contributed by atoms with Gasteiger partial charge in [0.05, 0.1) is 0 Å². The van der Waals surface area contributed by atoms with Crippen LogP contribution in [-0.2, 0) is 0 Å². The second-order valence-electron chi connectivity index (χ2n) is 6.78. The van der Waals surface area contributed by atoms with E-state index in [1.165, 1.54) is 0 Å². The first-order valence-corrected chi connectivity index (χ1v) is 10.9. The van der Waals surface area contributed by atoms with Gasteiger partial charge in [0.15, 0.2) is 0 Å². The monoisotopic (exact) mass is 508 g/mol. The first kappa shape index (κ1) is 20.7. The number of nitrogens with one attached hydrogen (secondary N) is 1. The van der Waals surface area contributed by atoms with Crippen molar-refractivity contribution < 1.29 is 5.11 Å². The summed E-state index contributed by atoms with van der Waals surface area (Å²) in [6.45, 7) is 0. The second kappa shape index (κ2) is 8.66. The van der Waals surface area contributed by atoms with E-state index >= 15 is 0 Å². The number of benzene rings is 3. The van der Waals surface area contributed by atoms with Crippen LogP contribution in [0.25, 0.3) is 0 Å². The molecule has 0 saturated carbocycles. The number of halogens is 4. The molecule has 3 aromatic carbocycles. The van der Waals surface area contributed by atoms with Crippen LogP contribution >= 0.6 is 50.7 Å². The maximum absolute atomic E-state index is 10.4. The molecule has 0 unspecified atom stereocenters. The lowest BCUT2D eigenvalue weighted by Gasteiger charge is -2.31. The van der Waals surface area contributed by atoms with Crippen LogP contribution in [0.4, 0.5) is 0 Å². The smallest absolute Gasteiger partial charge is 0.127 e. The van der Waals surface area contributed by atoms with Crippen LogP contribution in [0.3, 0.4) is 0 Å². The van der Waals surface area contributed by atoms with E-state index in [9.17, 15) is 5.11 Å². The summed E-state index contributed by atoms with van der Waals surface area (Å²) in [6.07, 6.45) is 0.192. The van der Waals surface area contributed by atoms with Crippen LogP contribution in [-0.4, -0.2) is 10.8 Å². The van der Waals surface area contributed by atoms with E-state index in [-0.39, 0.29) is 11.8 Å². The quantitative estimate of drug-likeness (QED) is 0.387. The molecule has 3 aromatic rings. The van der Waals surface area contributed by atoms with Gasteiger partial charge in [0.25, 0.3) is 0 Å². The molecule has 7 heteroatoms. The van der Waals surface area contributed by atoms with Gasteiger partial charge in [0.2, 0.25) is 0 Å². The summed E-state index contributed by atoms with van der Waals surface area (Å²) < 4.78 is 0.972. The van der Waals surface area contributed by atoms with Crippen molar-refractivity contribution in [1.82, 2.24) is 5.32 Å². The minimum Gasteiger partial charge on any atom is -0.508 e. The maximum Gasteiger partial charge on any atom is 0.127 e. The van der Waals surface area contributed by atoms with Gasteiger partial charge in [0, 0.05) is 48.8 Å². The molecule has 0 aromatic heterocycles. The molecule has 1 heterocycles. The van der Waals surface area contributed by atoms with Crippen molar-refractivity contribution in [2.45, 2.75) is 18.6 Å². The van der Waals surface area contributed by atoms with Crippen molar-refractivity contribution in [1.29, 1.82) is 0 Å². The van der Waals surface area contributed by atoms with Gasteiger partial charge in [-0.25, -0.2) is 0 Å². The van der Waals surface area contributed by atoms with Gasteiger partial charge in [-0.2, -0.15) is 0 Å². The van der Waals surface area contributed by atoms with Crippen LogP contribution in [0.1, 0.15) is 35.3 Å². The summed E-state index contributed by atoms with van der Waals surface area (Å²) in [4.78, 5) is 4.92. The molecule has 148 valence electrons. The van der Waals surface area contributed by atoms with Gasteiger partial charge in [-0.1, -0.05) is 68.9 Å². The summed E-state index contributed by atoms with van der Waals surface area (Å²) >= 11 is 22.2. The molecule has 2 atom stereocenters. The van der Waals surface area contributed by atoms with E-state index < -0.39 is 6.17 Å². The Morgan fingerprint density at radius 1 is 0.931 bits per heavy atom. The van der Waals surface area contributed by atoms with Crippen molar-refractivity contribution in [3.05, 3.63) is 96.9 Å². The van der Waals surface area contributed by atoms with Crippen molar-refractivity contribution in [3.63, 3.8) is 0 Å². The molecule has 2 N–H and O–H groups in total. The number of aliphatic imine (C=N–C) groups is 1. The molecular formula is C22H16BrCl3N2O. The Kier molecular flexibility index (Phi) is 6.19. The summed E-state index contributed by atoms with van der Waals surface area (Å²) in [6, 6.07) is 18.2. The van der Waals surface area contributed by atoms with Crippen LogP contribution in [0.2, 0.25) is 15.1 Å². The molecular weight excluding hydrogens is 495 g/mol. The Labute approximate surface area is 192 Å². The molecule has 3 nitrogen and oxygen atoms in total. The molecule has 29 heavy (non-hydrogen) atoms. The third-order valence-corrected chi connectivity index (χ3v) is 6.11. The fourth-order valence-corrected chi connectivity index (χ4v) is 4.53. The highest BCUT2D eigenvalue weighted by atomic mass is 79.9. The third-order valence-electron chi connectivity index (χ3n) is 4.82. The average Bonchev–Trinajstić information content (AvgIpc) is 2.69. The van der Waals surface area contributed by atoms with Crippen LogP contribution in [0.5, 0.6) is 5.75 Å². The van der Waals surface area contributed by atoms with E-state index in [0.29, 0.717) is 21.5 Å². The highest BCUT2D eigenvalue weighted by Gasteiger charge is 2.29. The molecule has 0 spiro atoms. The lowest BCUT2D eigenvalue weighted by Crippen LogP contribution is -2.33. The number of hydrogen-bond donors (Lipinski definition) is 2. The Morgan fingerprint density at radius 3 is 2.45 bits per heavy atom. The molecule has 1 aliphatic heterocycles. The fraction of sp³-hybridized carbons (Fsp3) is 0.136. The minimum absolute atomic E-state index is 0.184. The van der Waals surface area contributed by atoms with Crippen molar-refractivity contribution in [2.75, 3.05) is 0 Å². The zero-order chi connectivity index (χ0) is 20.5. The molecule has 1 aliphatic rings. The maximum atomic E-state index is 10.4. The molecule has 0 bridgehead atoms. The lowest BCUT2D eigenvalue weighted by molar-refractivity contribution is 0.413. The predicted molar refractivity (Wildman–Crippen MR) is 123 cm³/mol. The van der Waals surface area contributed by atoms with E-state index in [4.69, 9.17) is 39.8 Å². The van der Waals surface area contributed by atoms with E-state index in [2.05, 4.69) is 21.2 Å². The molecule has 4 rings (SSSR count). The topological polar surface area (TPSA) is 44.6 Å². The number of phenolic OH excluding ortho intramolecular Hbond substituents is 1. The van der Waals surface area contributed by atoms with Crippen LogP contribution < -0.4 is 5.32 Å². The van der Waals surface area contributed by atoms with Crippen LogP contribution in [0.15, 0.2) is 70.1 Å². The molecule has 0 amide bonds. The SMILES string of the molecule is Oc1ccc(Cl)cc1[C@H]1CC(c2cccc(Br)c2)=N[C@@H](c2ccc(Cl)cc2Cl)N1. The predicted octanol–water partition coefficient (Wildman–Crippen LogP) is 7.34. The standard InChI is InChI=1S/C22H16BrCl3N2O/c23-13-3-1-2-12(8-13)19-11-20(17-9-14(24)5-7-21(17)29)28-22(27-19)16-6-4-15(25)10-18(16)26/h1-10,20,22,28-29H,11H2/t20-,22-/m1/s1. The Hall–Kier alpha value is -1.56. The Balaban J connectivity index is 1.81. The highest BCUT2D eigenvalue weighted by molar-refractivity contribution is 9.10. The fourth-order valence-electron chi connectivity index (χ4n) is 3.44.